The molecule has 10 heteroatoms. The Morgan fingerprint density at radius 2 is 1.93 bits per heavy atom. The lowest BCUT2D eigenvalue weighted by Gasteiger charge is -2.35. The number of nitrogens with zero attached hydrogens (tertiary/aromatic N) is 2. The van der Waals surface area contributed by atoms with E-state index in [-0.39, 0.29) is 17.7 Å². The normalized spacial score (nSPS) is 24.5. The number of likely N-dealkylation sites (tertiary alicyclic amines) is 1. The first kappa shape index (κ1) is 27.4. The Kier molecular flexibility index (Phi) is 8.03. The van der Waals surface area contributed by atoms with Gasteiger partial charge in [-0.3, -0.25) is 9.69 Å². The summed E-state index contributed by atoms with van der Waals surface area (Å²) in [5.74, 6) is 0. The van der Waals surface area contributed by atoms with Crippen molar-refractivity contribution in [2.24, 2.45) is 0 Å². The summed E-state index contributed by atoms with van der Waals surface area (Å²) in [7, 11) is 1.78. The molecule has 2 N–H and O–H groups in total. The van der Waals surface area contributed by atoms with Crippen LogP contribution in [0, 0.1) is 0 Å². The van der Waals surface area contributed by atoms with E-state index in [4.69, 9.17) is 14.2 Å². The number of ether oxygens (including phenoxy) is 3. The number of H-pyrrole nitrogens is 1. The number of morpholine rings is 2. The molecule has 0 aliphatic carbocycles. The van der Waals surface area contributed by atoms with Gasteiger partial charge in [0.2, 0.25) is 0 Å². The van der Waals surface area contributed by atoms with Crippen LogP contribution in [0.2, 0.25) is 0 Å². The SMILES string of the molecule is COC[C@H](CN1CC2CCC(C1)O2)Nc1ccc2c(c1)Sc1cccc(C3CN(c4ccc[nH]c4=O)CCO3)c1S2. The van der Waals surface area contributed by atoms with Gasteiger partial charge in [0.1, 0.15) is 11.8 Å². The second-order valence-corrected chi connectivity index (χ2v) is 13.3. The van der Waals surface area contributed by atoms with E-state index in [1.165, 1.54) is 38.0 Å². The van der Waals surface area contributed by atoms with Crippen molar-refractivity contribution in [1.29, 1.82) is 0 Å². The molecule has 7 rings (SSSR count). The zero-order chi connectivity index (χ0) is 27.8. The molecule has 3 fully saturated rings. The molecular weight excluding hydrogens is 556 g/mol. The molecule has 0 spiro atoms. The fourth-order valence-electron chi connectivity index (χ4n) is 6.42. The van der Waals surface area contributed by atoms with Gasteiger partial charge < -0.3 is 29.4 Å². The number of rotatable bonds is 8. The quantitative estimate of drug-likeness (QED) is 0.298. The third-order valence-corrected chi connectivity index (χ3v) is 10.9. The van der Waals surface area contributed by atoms with E-state index in [1.807, 2.05) is 35.7 Å². The third kappa shape index (κ3) is 5.91. The molecule has 3 unspecified atom stereocenters. The van der Waals surface area contributed by atoms with Crippen LogP contribution in [-0.2, 0) is 14.2 Å². The van der Waals surface area contributed by atoms with E-state index in [2.05, 4.69) is 56.5 Å². The number of aromatic amines is 1. The number of aromatic nitrogens is 1. The van der Waals surface area contributed by atoms with Crippen LogP contribution in [0.25, 0.3) is 0 Å². The van der Waals surface area contributed by atoms with Crippen LogP contribution in [0.5, 0.6) is 0 Å². The molecule has 0 saturated carbocycles. The van der Waals surface area contributed by atoms with Crippen molar-refractivity contribution in [3.8, 4) is 0 Å². The first-order valence-electron chi connectivity index (χ1n) is 14.4. The minimum absolute atomic E-state index is 0.0590. The molecule has 3 aromatic rings. The maximum atomic E-state index is 12.4. The van der Waals surface area contributed by atoms with Gasteiger partial charge in [-0.15, -0.1) is 0 Å². The molecular formula is C31H36N4O4S2. The summed E-state index contributed by atoms with van der Waals surface area (Å²) in [4.78, 5) is 24.9. The van der Waals surface area contributed by atoms with Gasteiger partial charge in [-0.05, 0) is 54.8 Å². The molecule has 2 bridgehead atoms. The lowest BCUT2D eigenvalue weighted by atomic mass is 10.1. The van der Waals surface area contributed by atoms with Gasteiger partial charge in [0, 0.05) is 71.3 Å². The second-order valence-electron chi connectivity index (χ2n) is 11.2. The lowest BCUT2D eigenvalue weighted by molar-refractivity contribution is -0.0407. The third-order valence-electron chi connectivity index (χ3n) is 8.27. The average Bonchev–Trinajstić information content (AvgIpc) is 3.33. The van der Waals surface area contributed by atoms with Crippen molar-refractivity contribution < 1.29 is 14.2 Å². The maximum Gasteiger partial charge on any atom is 0.271 e. The van der Waals surface area contributed by atoms with Crippen molar-refractivity contribution in [2.75, 3.05) is 63.3 Å². The topological polar surface area (TPSA) is 79.1 Å². The predicted octanol–water partition coefficient (Wildman–Crippen LogP) is 4.86. The van der Waals surface area contributed by atoms with Gasteiger partial charge in [0.25, 0.3) is 5.56 Å². The fraction of sp³-hybridized carbons (Fsp3) is 0.452. The van der Waals surface area contributed by atoms with Crippen molar-refractivity contribution in [2.45, 2.75) is 56.8 Å². The summed E-state index contributed by atoms with van der Waals surface area (Å²) >= 11 is 3.63. The standard InChI is InChI=1S/C31H36N4O4S2/c1-37-19-21(15-34-16-22-8-9-23(17-34)39-22)33-20-7-10-27-29(14-20)40-28-6-2-4-24(30(28)41-27)26-18-35(12-13-38-26)25-5-3-11-32-31(25)36/h2-7,10-11,14,21-23,26,33H,8-9,12-13,15-19H2,1H3,(H,32,36)/t21-,22?,23?,26?/m0/s1. The lowest BCUT2D eigenvalue weighted by Crippen LogP contribution is -2.48. The number of pyridine rings is 1. The number of methoxy groups -OCH3 is 1. The first-order chi connectivity index (χ1) is 20.1. The van der Waals surface area contributed by atoms with Gasteiger partial charge >= 0.3 is 0 Å². The van der Waals surface area contributed by atoms with Crippen LogP contribution in [0.3, 0.4) is 0 Å². The van der Waals surface area contributed by atoms with Crippen molar-refractivity contribution >= 4 is 34.9 Å². The number of benzene rings is 2. The molecule has 4 atom stereocenters. The molecule has 41 heavy (non-hydrogen) atoms. The van der Waals surface area contributed by atoms with Crippen LogP contribution in [0.4, 0.5) is 11.4 Å². The number of hydrogen-bond donors (Lipinski definition) is 2. The molecule has 5 heterocycles. The van der Waals surface area contributed by atoms with E-state index < -0.39 is 0 Å². The summed E-state index contributed by atoms with van der Waals surface area (Å²) < 4.78 is 17.9. The van der Waals surface area contributed by atoms with Gasteiger partial charge in [-0.1, -0.05) is 35.7 Å². The Labute approximate surface area is 249 Å². The number of fused-ring (bicyclic) bond motifs is 4. The average molecular weight is 593 g/mol. The van der Waals surface area contributed by atoms with Crippen molar-refractivity contribution in [3.63, 3.8) is 0 Å². The van der Waals surface area contributed by atoms with E-state index >= 15 is 0 Å². The highest BCUT2D eigenvalue weighted by Crippen LogP contribution is 2.51. The van der Waals surface area contributed by atoms with E-state index in [0.29, 0.717) is 44.2 Å². The summed E-state index contributed by atoms with van der Waals surface area (Å²) in [5, 5.41) is 3.76. The number of nitrogens with one attached hydrogen (secondary N) is 2. The molecule has 3 saturated heterocycles. The molecule has 4 aliphatic rings. The van der Waals surface area contributed by atoms with Gasteiger partial charge in [-0.2, -0.15) is 0 Å². The highest BCUT2D eigenvalue weighted by Gasteiger charge is 2.34. The summed E-state index contributed by atoms with van der Waals surface area (Å²) in [6.07, 6.45) is 4.73. The fourth-order valence-corrected chi connectivity index (χ4v) is 8.87. The highest BCUT2D eigenvalue weighted by atomic mass is 32.2. The smallest absolute Gasteiger partial charge is 0.271 e. The van der Waals surface area contributed by atoms with Crippen LogP contribution >= 0.6 is 23.5 Å². The minimum atomic E-state index is -0.0980. The molecule has 1 aromatic heterocycles. The van der Waals surface area contributed by atoms with Crippen LogP contribution < -0.4 is 15.8 Å². The second kappa shape index (κ2) is 12.0. The summed E-state index contributed by atoms with van der Waals surface area (Å²) in [6.45, 7) is 5.57. The van der Waals surface area contributed by atoms with Crippen LogP contribution in [0.15, 0.2) is 79.1 Å². The Morgan fingerprint density at radius 1 is 1.05 bits per heavy atom. The van der Waals surface area contributed by atoms with Crippen LogP contribution in [-0.4, -0.2) is 81.2 Å². The minimum Gasteiger partial charge on any atom is -0.383 e. The molecule has 216 valence electrons. The first-order valence-corrected chi connectivity index (χ1v) is 16.1. The van der Waals surface area contributed by atoms with Gasteiger partial charge in [0.05, 0.1) is 31.5 Å². The zero-order valence-electron chi connectivity index (χ0n) is 23.2. The molecule has 2 aromatic carbocycles. The van der Waals surface area contributed by atoms with E-state index in [0.717, 1.165) is 25.3 Å². The molecule has 0 radical (unpaired) electrons. The number of anilines is 2. The monoisotopic (exact) mass is 592 g/mol. The predicted molar refractivity (Wildman–Crippen MR) is 163 cm³/mol. The largest absolute Gasteiger partial charge is 0.383 e. The van der Waals surface area contributed by atoms with Gasteiger partial charge in [0.15, 0.2) is 0 Å². The van der Waals surface area contributed by atoms with Crippen molar-refractivity contribution in [3.05, 3.63) is 70.6 Å². The zero-order valence-corrected chi connectivity index (χ0v) is 24.8. The van der Waals surface area contributed by atoms with E-state index in [1.54, 1.807) is 13.3 Å². The Bertz CT molecular complexity index is 1440. The summed E-state index contributed by atoms with van der Waals surface area (Å²) in [6, 6.07) is 17.1. The van der Waals surface area contributed by atoms with E-state index in [9.17, 15) is 4.79 Å². The molecule has 8 nitrogen and oxygen atoms in total. The Balaban J connectivity index is 1.06. The van der Waals surface area contributed by atoms with Crippen molar-refractivity contribution in [1.82, 2.24) is 9.88 Å². The summed E-state index contributed by atoms with van der Waals surface area (Å²) in [5.41, 5.74) is 2.95. The molecule has 0 amide bonds. The Morgan fingerprint density at radius 3 is 2.76 bits per heavy atom. The van der Waals surface area contributed by atoms with Crippen LogP contribution in [0.1, 0.15) is 24.5 Å². The molecule has 4 aliphatic heterocycles. The van der Waals surface area contributed by atoms with Gasteiger partial charge in [-0.25, -0.2) is 0 Å². The highest BCUT2D eigenvalue weighted by molar-refractivity contribution is 8.05. The Hall–Kier alpha value is -2.47. The maximum absolute atomic E-state index is 12.4. The number of hydrogen-bond acceptors (Lipinski definition) is 9.